The predicted molar refractivity (Wildman–Crippen MR) is 76.6 cm³/mol. The summed E-state index contributed by atoms with van der Waals surface area (Å²) >= 11 is 0. The lowest BCUT2D eigenvalue weighted by Crippen LogP contribution is -2.48. The Bertz CT molecular complexity index is 285. The van der Waals surface area contributed by atoms with Gasteiger partial charge in [0.15, 0.2) is 0 Å². The van der Waals surface area contributed by atoms with Crippen LogP contribution in [0.15, 0.2) is 24.0 Å². The third-order valence-electron chi connectivity index (χ3n) is 3.43. The smallest absolute Gasteiger partial charge is 0.135 e. The predicted octanol–water partition coefficient (Wildman–Crippen LogP) is 2.44. The molecular weight excluding hydrogens is 229 g/mol. The van der Waals surface area contributed by atoms with E-state index in [1.165, 1.54) is 0 Å². The number of rotatable bonds is 8. The Morgan fingerprint density at radius 2 is 1.89 bits per heavy atom. The lowest BCUT2D eigenvalue weighted by atomic mass is 9.89. The van der Waals surface area contributed by atoms with E-state index < -0.39 is 12.2 Å². The summed E-state index contributed by atoms with van der Waals surface area (Å²) in [6.07, 6.45) is 2.30. The van der Waals surface area contributed by atoms with Crippen molar-refractivity contribution in [3.05, 3.63) is 24.0 Å². The number of alkyl halides is 1. The van der Waals surface area contributed by atoms with E-state index in [9.17, 15) is 4.39 Å². The Labute approximate surface area is 110 Å². The van der Waals surface area contributed by atoms with E-state index in [-0.39, 0.29) is 12.0 Å². The molecule has 0 heterocycles. The van der Waals surface area contributed by atoms with Crippen molar-refractivity contribution in [2.24, 2.45) is 17.4 Å². The first-order valence-electron chi connectivity index (χ1n) is 6.62. The Hall–Kier alpha value is -1.03. The number of hydrogen-bond acceptors (Lipinski definition) is 3. The molecule has 0 aromatic carbocycles. The van der Waals surface area contributed by atoms with Crippen LogP contribution in [0.5, 0.6) is 0 Å². The second-order valence-electron chi connectivity index (χ2n) is 4.93. The molecule has 0 aliphatic carbocycles. The van der Waals surface area contributed by atoms with E-state index in [1.807, 2.05) is 13.8 Å². The zero-order chi connectivity index (χ0) is 14.3. The van der Waals surface area contributed by atoms with Gasteiger partial charge < -0.3 is 16.8 Å². The van der Waals surface area contributed by atoms with E-state index in [4.69, 9.17) is 11.5 Å². The Morgan fingerprint density at radius 3 is 2.28 bits per heavy atom. The van der Waals surface area contributed by atoms with Gasteiger partial charge in [0.25, 0.3) is 0 Å². The van der Waals surface area contributed by atoms with Crippen molar-refractivity contribution in [3.63, 3.8) is 0 Å². The van der Waals surface area contributed by atoms with Crippen LogP contribution in [0.3, 0.4) is 0 Å². The second-order valence-corrected chi connectivity index (χ2v) is 4.93. The van der Waals surface area contributed by atoms with Crippen molar-refractivity contribution in [3.8, 4) is 0 Å². The molecule has 0 amide bonds. The fraction of sp³-hybridized carbons (Fsp3) is 0.714. The molecule has 2 unspecified atom stereocenters. The largest absolute Gasteiger partial charge is 0.397 e. The van der Waals surface area contributed by atoms with Crippen molar-refractivity contribution >= 4 is 0 Å². The molecule has 0 aromatic heterocycles. The Morgan fingerprint density at radius 1 is 1.39 bits per heavy atom. The average molecular weight is 257 g/mol. The van der Waals surface area contributed by atoms with Crippen LogP contribution in [-0.2, 0) is 0 Å². The molecule has 4 heteroatoms. The normalized spacial score (nSPS) is 17.4. The van der Waals surface area contributed by atoms with E-state index in [0.29, 0.717) is 5.70 Å². The van der Waals surface area contributed by atoms with Crippen LogP contribution in [0.4, 0.5) is 4.39 Å². The van der Waals surface area contributed by atoms with E-state index in [1.54, 1.807) is 20.0 Å². The van der Waals surface area contributed by atoms with Gasteiger partial charge in [-0.15, -0.1) is 0 Å². The first-order valence-corrected chi connectivity index (χ1v) is 6.62. The standard InChI is InChI=1S/C14H28FN3/c1-6-11(7-2)14(17)13(15)10(5)18-8-12(16)9(3)4/h8,10-11,13-14,18H,3,6-7,16-17H2,1-2,4-5H3/b12-8+/t10-,13?,14?/m1/s1. The van der Waals surface area contributed by atoms with Crippen LogP contribution in [0.2, 0.25) is 0 Å². The molecule has 0 rings (SSSR count). The van der Waals surface area contributed by atoms with Crippen LogP contribution in [0.25, 0.3) is 0 Å². The van der Waals surface area contributed by atoms with Crippen LogP contribution in [0, 0.1) is 5.92 Å². The number of nitrogens with one attached hydrogen (secondary N) is 1. The minimum Gasteiger partial charge on any atom is -0.397 e. The number of halogens is 1. The van der Waals surface area contributed by atoms with E-state index in [0.717, 1.165) is 18.4 Å². The van der Waals surface area contributed by atoms with Gasteiger partial charge in [0.2, 0.25) is 0 Å². The first kappa shape index (κ1) is 17.0. The molecule has 0 fully saturated rings. The summed E-state index contributed by atoms with van der Waals surface area (Å²) in [5.74, 6) is 0.215. The summed E-state index contributed by atoms with van der Waals surface area (Å²) in [5, 5.41) is 2.94. The monoisotopic (exact) mass is 257 g/mol. The highest BCUT2D eigenvalue weighted by Crippen LogP contribution is 2.18. The van der Waals surface area contributed by atoms with Crippen molar-refractivity contribution < 1.29 is 4.39 Å². The van der Waals surface area contributed by atoms with Gasteiger partial charge in [0, 0.05) is 17.9 Å². The topological polar surface area (TPSA) is 64.1 Å². The summed E-state index contributed by atoms with van der Waals surface area (Å²) in [4.78, 5) is 0. The van der Waals surface area contributed by atoms with Crippen LogP contribution < -0.4 is 16.8 Å². The number of nitrogens with two attached hydrogens (primary N) is 2. The number of hydrogen-bond donors (Lipinski definition) is 3. The van der Waals surface area contributed by atoms with E-state index >= 15 is 0 Å². The molecule has 3 atom stereocenters. The third-order valence-corrected chi connectivity index (χ3v) is 3.43. The van der Waals surface area contributed by atoms with Gasteiger partial charge in [-0.05, 0) is 25.3 Å². The summed E-state index contributed by atoms with van der Waals surface area (Å²) < 4.78 is 14.2. The summed E-state index contributed by atoms with van der Waals surface area (Å²) in [6, 6.07) is -0.805. The molecule has 0 aliphatic heterocycles. The maximum absolute atomic E-state index is 14.2. The second kappa shape index (κ2) is 8.14. The van der Waals surface area contributed by atoms with Gasteiger partial charge in [-0.3, -0.25) is 0 Å². The van der Waals surface area contributed by atoms with Crippen molar-refractivity contribution in [2.45, 2.75) is 58.8 Å². The molecule has 0 radical (unpaired) electrons. The van der Waals surface area contributed by atoms with Crippen molar-refractivity contribution in [2.75, 3.05) is 0 Å². The molecule has 0 saturated carbocycles. The highest BCUT2D eigenvalue weighted by molar-refractivity contribution is 5.21. The lowest BCUT2D eigenvalue weighted by Gasteiger charge is -2.28. The minimum atomic E-state index is -1.09. The Kier molecular flexibility index (Phi) is 7.67. The maximum atomic E-state index is 14.2. The molecule has 106 valence electrons. The third kappa shape index (κ3) is 5.08. The van der Waals surface area contributed by atoms with Gasteiger partial charge in [-0.25, -0.2) is 4.39 Å². The van der Waals surface area contributed by atoms with Gasteiger partial charge in [0.1, 0.15) is 6.17 Å². The van der Waals surface area contributed by atoms with Crippen LogP contribution >= 0.6 is 0 Å². The first-order chi connectivity index (χ1) is 8.34. The molecule has 0 aromatic rings. The maximum Gasteiger partial charge on any atom is 0.135 e. The molecule has 3 nitrogen and oxygen atoms in total. The zero-order valence-electron chi connectivity index (χ0n) is 12.0. The highest BCUT2D eigenvalue weighted by Gasteiger charge is 2.28. The average Bonchev–Trinajstić information content (AvgIpc) is 2.35. The molecule has 0 saturated heterocycles. The molecule has 18 heavy (non-hydrogen) atoms. The van der Waals surface area contributed by atoms with Crippen LogP contribution in [-0.4, -0.2) is 18.3 Å². The van der Waals surface area contributed by atoms with E-state index in [2.05, 4.69) is 11.9 Å². The van der Waals surface area contributed by atoms with Crippen molar-refractivity contribution in [1.82, 2.24) is 5.32 Å². The zero-order valence-corrected chi connectivity index (χ0v) is 12.0. The quantitative estimate of drug-likeness (QED) is 0.585. The highest BCUT2D eigenvalue weighted by atomic mass is 19.1. The molecular formula is C14H28FN3. The van der Waals surface area contributed by atoms with Gasteiger partial charge in [0.05, 0.1) is 6.04 Å². The fourth-order valence-electron chi connectivity index (χ4n) is 1.86. The molecule has 0 spiro atoms. The van der Waals surface area contributed by atoms with Gasteiger partial charge in [-0.2, -0.15) is 0 Å². The van der Waals surface area contributed by atoms with Gasteiger partial charge >= 0.3 is 0 Å². The lowest BCUT2D eigenvalue weighted by molar-refractivity contribution is 0.183. The summed E-state index contributed by atoms with van der Waals surface area (Å²) in [5.41, 5.74) is 13.0. The molecule has 0 aliphatic rings. The summed E-state index contributed by atoms with van der Waals surface area (Å²) in [6.45, 7) is 11.4. The molecule has 0 bridgehead atoms. The molecule has 5 N–H and O–H groups in total. The Balaban J connectivity index is 4.46. The fourth-order valence-corrected chi connectivity index (χ4v) is 1.86. The van der Waals surface area contributed by atoms with Crippen LogP contribution in [0.1, 0.15) is 40.5 Å². The van der Waals surface area contributed by atoms with Gasteiger partial charge in [-0.1, -0.05) is 33.3 Å². The summed E-state index contributed by atoms with van der Waals surface area (Å²) in [7, 11) is 0. The minimum absolute atomic E-state index is 0.215. The number of allylic oxidation sites excluding steroid dienone is 1. The van der Waals surface area contributed by atoms with Crippen molar-refractivity contribution in [1.29, 1.82) is 0 Å². The SMILES string of the molecule is C=C(C)/C(N)=C\N[C@H](C)C(F)C(N)C(CC)CC.